The highest BCUT2D eigenvalue weighted by Gasteiger charge is 2.20. The average molecular weight is 225 g/mol. The first-order chi connectivity index (χ1) is 7.24. The Morgan fingerprint density at radius 2 is 2.33 bits per heavy atom. The van der Waals surface area contributed by atoms with Crippen molar-refractivity contribution in [2.75, 3.05) is 11.5 Å². The Labute approximate surface area is 95.4 Å². The second-order valence-electron chi connectivity index (χ2n) is 4.17. The van der Waals surface area contributed by atoms with Crippen LogP contribution >= 0.6 is 11.8 Å². The van der Waals surface area contributed by atoms with E-state index in [2.05, 4.69) is 23.6 Å². The Hall–Kier alpha value is -0.480. The smallest absolute Gasteiger partial charge is 0.0641 e. The summed E-state index contributed by atoms with van der Waals surface area (Å²) in [4.78, 5) is 0. The van der Waals surface area contributed by atoms with E-state index in [1.54, 1.807) is 0 Å². The number of aryl methyl sites for hydroxylation is 1. The first-order valence-electron chi connectivity index (χ1n) is 5.56. The average Bonchev–Trinajstić information content (AvgIpc) is 2.55. The summed E-state index contributed by atoms with van der Waals surface area (Å²) in [5.74, 6) is 2.51. The molecule has 0 bridgehead atoms. The molecule has 15 heavy (non-hydrogen) atoms. The molecule has 2 rings (SSSR count). The molecule has 1 atom stereocenters. The van der Waals surface area contributed by atoms with Crippen LogP contribution in [0.3, 0.4) is 0 Å². The molecule has 2 N–H and O–H groups in total. The molecule has 1 fully saturated rings. The minimum atomic E-state index is 0.586. The maximum Gasteiger partial charge on any atom is 0.0641 e. The van der Waals surface area contributed by atoms with Crippen LogP contribution in [0.25, 0.3) is 0 Å². The zero-order valence-corrected chi connectivity index (χ0v) is 10.3. The highest BCUT2D eigenvalue weighted by atomic mass is 32.2. The van der Waals surface area contributed by atoms with Gasteiger partial charge in [0.1, 0.15) is 0 Å². The molecule has 1 saturated heterocycles. The molecule has 0 saturated carbocycles. The molecule has 0 radical (unpaired) electrons. The van der Waals surface area contributed by atoms with Crippen LogP contribution in [0.15, 0.2) is 0 Å². The topological polar surface area (TPSA) is 43.8 Å². The van der Waals surface area contributed by atoms with Crippen LogP contribution in [-0.2, 0) is 6.54 Å². The van der Waals surface area contributed by atoms with Gasteiger partial charge in [0.05, 0.1) is 11.7 Å². The molecule has 0 aromatic carbocycles. The summed E-state index contributed by atoms with van der Waals surface area (Å²) in [7, 11) is 0. The molecule has 0 aliphatic carbocycles. The molecule has 1 unspecified atom stereocenters. The van der Waals surface area contributed by atoms with E-state index in [0.717, 1.165) is 5.69 Å². The maximum atomic E-state index is 5.74. The van der Waals surface area contributed by atoms with Gasteiger partial charge in [-0.1, -0.05) is 0 Å². The fourth-order valence-corrected chi connectivity index (χ4v) is 3.38. The van der Waals surface area contributed by atoms with Gasteiger partial charge in [0.15, 0.2) is 0 Å². The van der Waals surface area contributed by atoms with Gasteiger partial charge < -0.3 is 5.73 Å². The van der Waals surface area contributed by atoms with E-state index in [0.29, 0.717) is 12.6 Å². The van der Waals surface area contributed by atoms with Crippen molar-refractivity contribution < 1.29 is 0 Å². The third-order valence-corrected chi connectivity index (χ3v) is 4.36. The second-order valence-corrected chi connectivity index (χ2v) is 5.32. The van der Waals surface area contributed by atoms with Crippen molar-refractivity contribution in [1.29, 1.82) is 0 Å². The molecule has 84 valence electrons. The van der Waals surface area contributed by atoms with Gasteiger partial charge in [-0.05, 0) is 32.4 Å². The summed E-state index contributed by atoms with van der Waals surface area (Å²) in [5, 5.41) is 4.63. The highest BCUT2D eigenvalue weighted by molar-refractivity contribution is 7.99. The van der Waals surface area contributed by atoms with E-state index in [1.165, 1.54) is 35.6 Å². The van der Waals surface area contributed by atoms with Crippen LogP contribution in [0.4, 0.5) is 0 Å². The minimum absolute atomic E-state index is 0.586. The van der Waals surface area contributed by atoms with Gasteiger partial charge >= 0.3 is 0 Å². The lowest BCUT2D eigenvalue weighted by atomic mass is 10.1. The van der Waals surface area contributed by atoms with E-state index >= 15 is 0 Å². The quantitative estimate of drug-likeness (QED) is 0.837. The first-order valence-corrected chi connectivity index (χ1v) is 6.72. The lowest BCUT2D eigenvalue weighted by molar-refractivity contribution is 0.443. The summed E-state index contributed by atoms with van der Waals surface area (Å²) < 4.78 is 2.20. The van der Waals surface area contributed by atoms with Crippen molar-refractivity contribution in [3.05, 3.63) is 17.0 Å². The van der Waals surface area contributed by atoms with E-state index in [1.807, 2.05) is 11.8 Å². The lowest BCUT2D eigenvalue weighted by Gasteiger charge is -2.23. The van der Waals surface area contributed by atoms with Crippen molar-refractivity contribution in [2.24, 2.45) is 5.73 Å². The van der Waals surface area contributed by atoms with Crippen LogP contribution in [0, 0.1) is 13.8 Å². The number of aromatic nitrogens is 2. The maximum absolute atomic E-state index is 5.74. The number of nitrogens with zero attached hydrogens (tertiary/aromatic N) is 2. The summed E-state index contributed by atoms with van der Waals surface area (Å²) in [6, 6.07) is 0.586. The molecule has 3 nitrogen and oxygen atoms in total. The predicted octanol–water partition coefficient (Wildman–Crippen LogP) is 2.03. The third-order valence-electron chi connectivity index (χ3n) is 3.16. The number of thioether (sulfide) groups is 1. The Balaban J connectivity index is 2.27. The number of hydrogen-bond acceptors (Lipinski definition) is 3. The van der Waals surface area contributed by atoms with E-state index in [-0.39, 0.29) is 0 Å². The Bertz CT molecular complexity index is 340. The van der Waals surface area contributed by atoms with Crippen LogP contribution in [0.2, 0.25) is 0 Å². The molecule has 1 aromatic heterocycles. The van der Waals surface area contributed by atoms with Crippen LogP contribution < -0.4 is 5.73 Å². The van der Waals surface area contributed by atoms with Gasteiger partial charge in [-0.2, -0.15) is 16.9 Å². The molecule has 1 aliphatic heterocycles. The van der Waals surface area contributed by atoms with Gasteiger partial charge in [0.2, 0.25) is 0 Å². The molecular weight excluding hydrogens is 206 g/mol. The van der Waals surface area contributed by atoms with Gasteiger partial charge in [0, 0.05) is 23.6 Å². The zero-order valence-electron chi connectivity index (χ0n) is 9.49. The van der Waals surface area contributed by atoms with E-state index < -0.39 is 0 Å². The number of hydrogen-bond donors (Lipinski definition) is 1. The van der Waals surface area contributed by atoms with Gasteiger partial charge in [0.25, 0.3) is 0 Å². The zero-order chi connectivity index (χ0) is 10.8. The van der Waals surface area contributed by atoms with Crippen molar-refractivity contribution in [2.45, 2.75) is 39.3 Å². The fourth-order valence-electron chi connectivity index (χ4n) is 2.26. The molecular formula is C11H19N3S. The summed E-state index contributed by atoms with van der Waals surface area (Å²) in [5.41, 5.74) is 9.33. The molecule has 0 spiro atoms. The summed E-state index contributed by atoms with van der Waals surface area (Å²) in [6.07, 6.45) is 2.57. The summed E-state index contributed by atoms with van der Waals surface area (Å²) >= 11 is 2.04. The number of rotatable bonds is 2. The molecule has 4 heteroatoms. The normalized spacial score (nSPS) is 21.9. The fraction of sp³-hybridized carbons (Fsp3) is 0.727. The van der Waals surface area contributed by atoms with Gasteiger partial charge in [-0.15, -0.1) is 0 Å². The van der Waals surface area contributed by atoms with Gasteiger partial charge in [-0.25, -0.2) is 0 Å². The first kappa shape index (κ1) is 11.0. The Morgan fingerprint density at radius 1 is 1.53 bits per heavy atom. The van der Waals surface area contributed by atoms with Crippen molar-refractivity contribution in [1.82, 2.24) is 9.78 Å². The largest absolute Gasteiger partial charge is 0.326 e. The SMILES string of the molecule is Cc1nn(C2CCCSC2)c(C)c1CN. The Kier molecular flexibility index (Phi) is 3.36. The Morgan fingerprint density at radius 3 is 2.87 bits per heavy atom. The van der Waals surface area contributed by atoms with Crippen molar-refractivity contribution in [3.63, 3.8) is 0 Å². The molecule has 1 aliphatic rings. The highest BCUT2D eigenvalue weighted by Crippen LogP contribution is 2.28. The van der Waals surface area contributed by atoms with Crippen molar-refractivity contribution in [3.8, 4) is 0 Å². The number of nitrogens with two attached hydrogens (primary N) is 1. The van der Waals surface area contributed by atoms with Crippen LogP contribution in [0.5, 0.6) is 0 Å². The molecule has 1 aromatic rings. The van der Waals surface area contributed by atoms with E-state index in [4.69, 9.17) is 5.73 Å². The van der Waals surface area contributed by atoms with E-state index in [9.17, 15) is 0 Å². The lowest BCUT2D eigenvalue weighted by Crippen LogP contribution is -2.18. The standard InChI is InChI=1S/C11H19N3S/c1-8-11(6-12)9(2)14(13-8)10-4-3-5-15-7-10/h10H,3-7,12H2,1-2H3. The molecule has 0 amide bonds. The van der Waals surface area contributed by atoms with Crippen LogP contribution in [0.1, 0.15) is 35.8 Å². The third kappa shape index (κ3) is 2.06. The van der Waals surface area contributed by atoms with Gasteiger partial charge in [-0.3, -0.25) is 4.68 Å². The summed E-state index contributed by atoms with van der Waals surface area (Å²) in [6.45, 7) is 4.81. The monoisotopic (exact) mass is 225 g/mol. The predicted molar refractivity (Wildman–Crippen MR) is 65.2 cm³/mol. The van der Waals surface area contributed by atoms with Crippen molar-refractivity contribution >= 4 is 11.8 Å². The minimum Gasteiger partial charge on any atom is -0.326 e. The molecule has 2 heterocycles. The van der Waals surface area contributed by atoms with Crippen LogP contribution in [-0.4, -0.2) is 21.3 Å². The second kappa shape index (κ2) is 4.58.